The van der Waals surface area contributed by atoms with Crippen molar-refractivity contribution in [3.05, 3.63) is 53.7 Å². The molecule has 0 unspecified atom stereocenters. The van der Waals surface area contributed by atoms with Gasteiger partial charge in [-0.15, -0.1) is 0 Å². The summed E-state index contributed by atoms with van der Waals surface area (Å²) in [6.07, 6.45) is -3.65. The van der Waals surface area contributed by atoms with Crippen molar-refractivity contribution < 1.29 is 22.7 Å². The highest BCUT2D eigenvalue weighted by Gasteiger charge is 2.30. The second-order valence-electron chi connectivity index (χ2n) is 5.23. The van der Waals surface area contributed by atoms with Crippen molar-refractivity contribution in [2.75, 3.05) is 19.9 Å². The van der Waals surface area contributed by atoms with Gasteiger partial charge in [-0.25, -0.2) is 4.98 Å². The smallest absolute Gasteiger partial charge is 0.417 e. The molecule has 8 heteroatoms. The fraction of sp³-hybridized carbons (Fsp3) is 0.294. The number of carbonyl (C=O) groups is 1. The fourth-order valence-corrected chi connectivity index (χ4v) is 2.84. The number of nitrogens with zero attached hydrogens (tertiary/aromatic N) is 2. The van der Waals surface area contributed by atoms with E-state index >= 15 is 0 Å². The summed E-state index contributed by atoms with van der Waals surface area (Å²) in [4.78, 5) is 17.5. The fourth-order valence-electron chi connectivity index (χ4n) is 2.06. The predicted octanol–water partition coefficient (Wildman–Crippen LogP) is 3.86. The van der Waals surface area contributed by atoms with Gasteiger partial charge in [0.15, 0.2) is 0 Å². The summed E-state index contributed by atoms with van der Waals surface area (Å²) in [5.41, 5.74) is 0.0648. The van der Waals surface area contributed by atoms with Gasteiger partial charge in [-0.05, 0) is 18.2 Å². The Hall–Kier alpha value is -2.22. The molecule has 1 amide bonds. The van der Waals surface area contributed by atoms with Crippen LogP contribution in [0.5, 0.6) is 5.75 Å². The van der Waals surface area contributed by atoms with Gasteiger partial charge in [0.05, 0.1) is 23.5 Å². The van der Waals surface area contributed by atoms with Crippen molar-refractivity contribution in [3.63, 3.8) is 0 Å². The third-order valence-electron chi connectivity index (χ3n) is 3.43. The minimum atomic E-state index is -4.42. The van der Waals surface area contributed by atoms with E-state index in [9.17, 15) is 18.0 Å². The van der Waals surface area contributed by atoms with Crippen molar-refractivity contribution in [1.29, 1.82) is 0 Å². The highest BCUT2D eigenvalue weighted by atomic mass is 32.2. The van der Waals surface area contributed by atoms with Gasteiger partial charge in [-0.3, -0.25) is 4.79 Å². The van der Waals surface area contributed by atoms with E-state index in [1.165, 1.54) is 11.0 Å². The van der Waals surface area contributed by atoms with Gasteiger partial charge in [-0.1, -0.05) is 30.0 Å². The quantitative estimate of drug-likeness (QED) is 0.724. The lowest BCUT2D eigenvalue weighted by molar-refractivity contribution is -0.138. The number of benzene rings is 1. The largest absolute Gasteiger partial charge is 0.496 e. The van der Waals surface area contributed by atoms with Crippen LogP contribution in [0.25, 0.3) is 0 Å². The van der Waals surface area contributed by atoms with Crippen LogP contribution in [0, 0.1) is 0 Å². The summed E-state index contributed by atoms with van der Waals surface area (Å²) in [6.45, 7) is 0.379. The molecule has 2 aromatic rings. The minimum absolute atomic E-state index is 0.0873. The zero-order valence-corrected chi connectivity index (χ0v) is 14.5. The van der Waals surface area contributed by atoms with Crippen LogP contribution >= 0.6 is 11.8 Å². The Balaban J connectivity index is 1.91. The van der Waals surface area contributed by atoms with Gasteiger partial charge < -0.3 is 9.64 Å². The predicted molar refractivity (Wildman–Crippen MR) is 89.4 cm³/mol. The van der Waals surface area contributed by atoms with Crippen LogP contribution < -0.4 is 4.74 Å². The summed E-state index contributed by atoms with van der Waals surface area (Å²) in [6, 6.07) is 9.61. The number of para-hydroxylation sites is 1. The van der Waals surface area contributed by atoms with Crippen molar-refractivity contribution in [2.45, 2.75) is 17.7 Å². The molecule has 2 rings (SSSR count). The minimum Gasteiger partial charge on any atom is -0.496 e. The van der Waals surface area contributed by atoms with E-state index in [2.05, 4.69) is 4.98 Å². The van der Waals surface area contributed by atoms with E-state index < -0.39 is 11.7 Å². The average molecular weight is 370 g/mol. The van der Waals surface area contributed by atoms with Crippen LogP contribution in [0.1, 0.15) is 11.1 Å². The summed E-state index contributed by atoms with van der Waals surface area (Å²) in [5, 5.41) is 0.368. The van der Waals surface area contributed by atoms with E-state index in [0.29, 0.717) is 17.3 Å². The lowest BCUT2D eigenvalue weighted by atomic mass is 10.2. The lowest BCUT2D eigenvalue weighted by Crippen LogP contribution is -2.28. The van der Waals surface area contributed by atoms with Crippen LogP contribution in [0.2, 0.25) is 0 Å². The van der Waals surface area contributed by atoms with Crippen LogP contribution in [0.4, 0.5) is 13.2 Å². The molecule has 0 fully saturated rings. The first-order valence-corrected chi connectivity index (χ1v) is 8.31. The zero-order valence-electron chi connectivity index (χ0n) is 13.7. The van der Waals surface area contributed by atoms with Gasteiger partial charge in [0, 0.05) is 25.4 Å². The monoisotopic (exact) mass is 370 g/mol. The van der Waals surface area contributed by atoms with Gasteiger partial charge in [0.25, 0.3) is 0 Å². The molecule has 0 saturated carbocycles. The molecule has 1 aromatic heterocycles. The Labute approximate surface area is 148 Å². The summed E-state index contributed by atoms with van der Waals surface area (Å²) < 4.78 is 42.7. The summed E-state index contributed by atoms with van der Waals surface area (Å²) in [5.74, 6) is 0.626. The number of rotatable bonds is 6. The molecule has 1 heterocycles. The van der Waals surface area contributed by atoms with Gasteiger partial charge in [-0.2, -0.15) is 13.2 Å². The highest BCUT2D eigenvalue weighted by molar-refractivity contribution is 7.99. The number of pyridine rings is 1. The van der Waals surface area contributed by atoms with E-state index in [-0.39, 0.29) is 11.7 Å². The third kappa shape index (κ3) is 5.38. The molecule has 0 atom stereocenters. The van der Waals surface area contributed by atoms with Crippen LogP contribution in [0.15, 0.2) is 47.6 Å². The number of halogens is 3. The maximum atomic E-state index is 12.5. The van der Waals surface area contributed by atoms with Gasteiger partial charge in [0.2, 0.25) is 5.91 Å². The molecular formula is C17H17F3N2O2S. The number of thioether (sulfide) groups is 1. The maximum Gasteiger partial charge on any atom is 0.417 e. The van der Waals surface area contributed by atoms with Gasteiger partial charge in [0.1, 0.15) is 5.75 Å². The van der Waals surface area contributed by atoms with Gasteiger partial charge >= 0.3 is 6.18 Å². The zero-order chi connectivity index (χ0) is 18.4. The number of alkyl halides is 3. The second-order valence-corrected chi connectivity index (χ2v) is 6.23. The Kier molecular flexibility index (Phi) is 6.30. The molecule has 25 heavy (non-hydrogen) atoms. The number of carbonyl (C=O) groups excluding carboxylic acids is 1. The van der Waals surface area contributed by atoms with Crippen molar-refractivity contribution in [3.8, 4) is 5.75 Å². The van der Waals surface area contributed by atoms with Crippen molar-refractivity contribution >= 4 is 17.7 Å². The Morgan fingerprint density at radius 3 is 2.56 bits per heavy atom. The van der Waals surface area contributed by atoms with Crippen molar-refractivity contribution in [2.24, 2.45) is 0 Å². The van der Waals surface area contributed by atoms with Crippen LogP contribution in [-0.2, 0) is 17.5 Å². The van der Waals surface area contributed by atoms with Crippen LogP contribution in [0.3, 0.4) is 0 Å². The number of methoxy groups -OCH3 is 1. The number of aromatic nitrogens is 1. The molecule has 0 N–H and O–H groups in total. The number of ether oxygens (including phenoxy) is 1. The molecular weight excluding hydrogens is 353 g/mol. The van der Waals surface area contributed by atoms with E-state index in [1.54, 1.807) is 14.2 Å². The average Bonchev–Trinajstić information content (AvgIpc) is 2.59. The molecule has 0 saturated heterocycles. The molecule has 0 radical (unpaired) electrons. The molecule has 0 spiro atoms. The molecule has 0 bridgehead atoms. The third-order valence-corrected chi connectivity index (χ3v) is 4.36. The second kappa shape index (κ2) is 8.24. The molecule has 0 aliphatic rings. The first-order chi connectivity index (χ1) is 11.8. The summed E-state index contributed by atoms with van der Waals surface area (Å²) in [7, 11) is 3.22. The van der Waals surface area contributed by atoms with E-state index in [4.69, 9.17) is 4.74 Å². The lowest BCUT2D eigenvalue weighted by Gasteiger charge is -2.18. The first-order valence-electron chi connectivity index (χ1n) is 7.33. The standard InChI is InChI=1S/C17H17F3N2O2S/c1-22(10-12-5-3-4-6-14(12)24-2)16(23)11-25-15-8-7-13(9-21-15)17(18,19)20/h3-9H,10-11H2,1-2H3. The SMILES string of the molecule is COc1ccccc1CN(C)C(=O)CSc1ccc(C(F)(F)F)cn1. The maximum absolute atomic E-state index is 12.5. The first kappa shape index (κ1) is 19.1. The molecule has 1 aromatic carbocycles. The summed E-state index contributed by atoms with van der Waals surface area (Å²) >= 11 is 1.10. The topological polar surface area (TPSA) is 42.4 Å². The normalized spacial score (nSPS) is 11.2. The molecule has 0 aliphatic heterocycles. The Bertz CT molecular complexity index is 721. The number of hydrogen-bond donors (Lipinski definition) is 0. The number of hydrogen-bond acceptors (Lipinski definition) is 4. The van der Waals surface area contributed by atoms with Crippen molar-refractivity contribution in [1.82, 2.24) is 9.88 Å². The molecule has 134 valence electrons. The van der Waals surface area contributed by atoms with Crippen LogP contribution in [-0.4, -0.2) is 35.7 Å². The Morgan fingerprint density at radius 2 is 1.96 bits per heavy atom. The number of amides is 1. The van der Waals surface area contributed by atoms with E-state index in [0.717, 1.165) is 29.6 Å². The highest BCUT2D eigenvalue weighted by Crippen LogP contribution is 2.29. The molecule has 4 nitrogen and oxygen atoms in total. The molecule has 0 aliphatic carbocycles. The van der Waals surface area contributed by atoms with E-state index in [1.807, 2.05) is 24.3 Å². The Morgan fingerprint density at radius 1 is 1.24 bits per heavy atom.